The molecule has 1 aromatic heterocycles. The monoisotopic (exact) mass is 289 g/mol. The molecule has 0 radical (unpaired) electrons. The molecule has 0 aliphatic carbocycles. The molecule has 0 saturated carbocycles. The lowest BCUT2D eigenvalue weighted by Crippen LogP contribution is -2.39. The van der Waals surface area contributed by atoms with Gasteiger partial charge in [0, 0.05) is 11.2 Å². The Kier molecular flexibility index (Phi) is 3.52. The van der Waals surface area contributed by atoms with Crippen molar-refractivity contribution < 1.29 is 9.90 Å². The van der Waals surface area contributed by atoms with Crippen molar-refractivity contribution >= 4 is 27.3 Å². The second kappa shape index (κ2) is 5.19. The molecule has 1 aromatic carbocycles. The molecule has 3 nitrogen and oxygen atoms in total. The topological polar surface area (TPSA) is 40.5 Å². The van der Waals surface area contributed by atoms with Crippen molar-refractivity contribution in [3.05, 3.63) is 34.7 Å². The van der Waals surface area contributed by atoms with Crippen molar-refractivity contribution in [1.29, 1.82) is 0 Å². The van der Waals surface area contributed by atoms with Gasteiger partial charge in [0.25, 0.3) is 5.91 Å². The van der Waals surface area contributed by atoms with Crippen LogP contribution in [0, 0.1) is 12.8 Å². The maximum atomic E-state index is 12.8. The van der Waals surface area contributed by atoms with Crippen LogP contribution in [0.4, 0.5) is 0 Å². The molecular weight excluding hydrogens is 270 g/mol. The number of aryl methyl sites for hydroxylation is 1. The Balaban J connectivity index is 1.99. The van der Waals surface area contributed by atoms with E-state index in [0.717, 1.165) is 33.5 Å². The van der Waals surface area contributed by atoms with Gasteiger partial charge in [0.15, 0.2) is 0 Å². The third-order valence-corrected chi connectivity index (χ3v) is 5.63. The van der Waals surface area contributed by atoms with Gasteiger partial charge in [0.2, 0.25) is 0 Å². The molecule has 1 aliphatic heterocycles. The number of carbonyl (C=O) groups is 1. The molecule has 2 atom stereocenters. The molecule has 1 fully saturated rings. The standard InChI is InChI=1S/C16H19NO2S/c1-10-7-8-17(13(10)9-18)16(19)15-11(2)12-5-3-4-6-14(12)20-15/h3-6,10,13,18H,7-9H2,1-2H3. The Morgan fingerprint density at radius 3 is 2.90 bits per heavy atom. The Morgan fingerprint density at radius 2 is 2.20 bits per heavy atom. The molecule has 1 aliphatic rings. The summed E-state index contributed by atoms with van der Waals surface area (Å²) in [5, 5.41) is 10.7. The van der Waals surface area contributed by atoms with Gasteiger partial charge < -0.3 is 10.0 Å². The highest BCUT2D eigenvalue weighted by Crippen LogP contribution is 2.33. The van der Waals surface area contributed by atoms with E-state index in [2.05, 4.69) is 19.1 Å². The van der Waals surface area contributed by atoms with Crippen LogP contribution in [-0.2, 0) is 0 Å². The predicted octanol–water partition coefficient (Wildman–Crippen LogP) is 3.05. The molecule has 3 rings (SSSR count). The molecule has 1 saturated heterocycles. The van der Waals surface area contributed by atoms with E-state index in [1.807, 2.05) is 24.0 Å². The average Bonchev–Trinajstić information content (AvgIpc) is 2.99. The summed E-state index contributed by atoms with van der Waals surface area (Å²) in [7, 11) is 0. The largest absolute Gasteiger partial charge is 0.394 e. The van der Waals surface area contributed by atoms with E-state index in [1.165, 1.54) is 0 Å². The number of amides is 1. The zero-order valence-corrected chi connectivity index (χ0v) is 12.6. The minimum atomic E-state index is -0.0351. The Labute approximate surface area is 122 Å². The number of fused-ring (bicyclic) bond motifs is 1. The first kappa shape index (κ1) is 13.6. The highest BCUT2D eigenvalue weighted by molar-refractivity contribution is 7.21. The van der Waals surface area contributed by atoms with Gasteiger partial charge in [-0.15, -0.1) is 11.3 Å². The molecule has 0 spiro atoms. The summed E-state index contributed by atoms with van der Waals surface area (Å²) >= 11 is 1.56. The lowest BCUT2D eigenvalue weighted by molar-refractivity contribution is 0.0652. The van der Waals surface area contributed by atoms with E-state index in [0.29, 0.717) is 5.92 Å². The van der Waals surface area contributed by atoms with Gasteiger partial charge in [-0.25, -0.2) is 0 Å². The zero-order valence-electron chi connectivity index (χ0n) is 11.8. The quantitative estimate of drug-likeness (QED) is 0.923. The SMILES string of the molecule is Cc1c(C(=O)N2CCC(C)C2CO)sc2ccccc12. The van der Waals surface area contributed by atoms with E-state index in [9.17, 15) is 9.90 Å². The van der Waals surface area contributed by atoms with Crippen molar-refractivity contribution in [3.63, 3.8) is 0 Å². The second-order valence-corrected chi connectivity index (χ2v) is 6.62. The van der Waals surface area contributed by atoms with E-state index < -0.39 is 0 Å². The third-order valence-electron chi connectivity index (χ3n) is 4.37. The molecular formula is C16H19NO2S. The third kappa shape index (κ3) is 2.03. The van der Waals surface area contributed by atoms with Crippen molar-refractivity contribution in [2.45, 2.75) is 26.3 Å². The molecule has 2 unspecified atom stereocenters. The van der Waals surface area contributed by atoms with Crippen molar-refractivity contribution in [2.75, 3.05) is 13.2 Å². The molecule has 4 heteroatoms. The van der Waals surface area contributed by atoms with Gasteiger partial charge in [-0.1, -0.05) is 25.1 Å². The number of hydrogen-bond acceptors (Lipinski definition) is 3. The first-order valence-corrected chi connectivity index (χ1v) is 7.85. The summed E-state index contributed by atoms with van der Waals surface area (Å²) in [5.41, 5.74) is 1.06. The number of aliphatic hydroxyl groups is 1. The minimum absolute atomic E-state index is 0.0351. The number of rotatable bonds is 2. The van der Waals surface area contributed by atoms with Gasteiger partial charge in [-0.3, -0.25) is 4.79 Å². The number of likely N-dealkylation sites (tertiary alicyclic amines) is 1. The predicted molar refractivity (Wildman–Crippen MR) is 82.3 cm³/mol. The van der Waals surface area contributed by atoms with Crippen LogP contribution in [0.3, 0.4) is 0 Å². The first-order valence-electron chi connectivity index (χ1n) is 7.03. The smallest absolute Gasteiger partial charge is 0.264 e. The van der Waals surface area contributed by atoms with Crippen LogP contribution in [0.25, 0.3) is 10.1 Å². The first-order chi connectivity index (χ1) is 9.63. The van der Waals surface area contributed by atoms with Gasteiger partial charge in [-0.05, 0) is 36.3 Å². The van der Waals surface area contributed by atoms with Crippen LogP contribution in [0.1, 0.15) is 28.6 Å². The van der Waals surface area contributed by atoms with Crippen LogP contribution in [0.2, 0.25) is 0 Å². The summed E-state index contributed by atoms with van der Waals surface area (Å²) < 4.78 is 1.15. The van der Waals surface area contributed by atoms with Crippen LogP contribution < -0.4 is 0 Å². The molecule has 0 bridgehead atoms. The molecule has 2 aromatic rings. The van der Waals surface area contributed by atoms with Crippen LogP contribution in [0.15, 0.2) is 24.3 Å². The number of aliphatic hydroxyl groups excluding tert-OH is 1. The molecule has 2 heterocycles. The van der Waals surface area contributed by atoms with Crippen LogP contribution >= 0.6 is 11.3 Å². The van der Waals surface area contributed by atoms with E-state index in [4.69, 9.17) is 0 Å². The summed E-state index contributed by atoms with van der Waals surface area (Å²) in [6.45, 7) is 4.92. The fourth-order valence-corrected chi connectivity index (χ4v) is 4.21. The summed E-state index contributed by atoms with van der Waals surface area (Å²) in [6, 6.07) is 8.09. The van der Waals surface area contributed by atoms with Crippen molar-refractivity contribution in [1.82, 2.24) is 4.90 Å². The summed E-state index contributed by atoms with van der Waals surface area (Å²) in [5.74, 6) is 0.450. The average molecular weight is 289 g/mol. The maximum Gasteiger partial charge on any atom is 0.264 e. The Hall–Kier alpha value is -1.39. The number of nitrogens with zero attached hydrogens (tertiary/aromatic N) is 1. The van der Waals surface area contributed by atoms with Gasteiger partial charge in [0.05, 0.1) is 17.5 Å². The van der Waals surface area contributed by atoms with Crippen LogP contribution in [-0.4, -0.2) is 35.1 Å². The Bertz CT molecular complexity index is 649. The van der Waals surface area contributed by atoms with E-state index in [1.54, 1.807) is 11.3 Å². The van der Waals surface area contributed by atoms with Gasteiger partial charge >= 0.3 is 0 Å². The number of hydrogen-bond donors (Lipinski definition) is 1. The summed E-state index contributed by atoms with van der Waals surface area (Å²) in [4.78, 5) is 15.4. The number of benzene rings is 1. The highest BCUT2D eigenvalue weighted by Gasteiger charge is 2.35. The Morgan fingerprint density at radius 1 is 1.45 bits per heavy atom. The van der Waals surface area contributed by atoms with Crippen molar-refractivity contribution in [3.8, 4) is 0 Å². The fourth-order valence-electron chi connectivity index (χ4n) is 3.05. The second-order valence-electron chi connectivity index (χ2n) is 5.57. The van der Waals surface area contributed by atoms with Crippen LogP contribution in [0.5, 0.6) is 0 Å². The lowest BCUT2D eigenvalue weighted by Gasteiger charge is -2.25. The molecule has 1 amide bonds. The normalized spacial score (nSPS) is 22.6. The maximum absolute atomic E-state index is 12.8. The lowest BCUT2D eigenvalue weighted by atomic mass is 10.0. The van der Waals surface area contributed by atoms with Gasteiger partial charge in [0.1, 0.15) is 0 Å². The van der Waals surface area contributed by atoms with Crippen molar-refractivity contribution in [2.24, 2.45) is 5.92 Å². The van der Waals surface area contributed by atoms with Gasteiger partial charge in [-0.2, -0.15) is 0 Å². The fraction of sp³-hybridized carbons (Fsp3) is 0.438. The van der Waals surface area contributed by atoms with E-state index in [-0.39, 0.29) is 18.6 Å². The summed E-state index contributed by atoms with van der Waals surface area (Å²) in [6.07, 6.45) is 0.973. The molecule has 106 valence electrons. The highest BCUT2D eigenvalue weighted by atomic mass is 32.1. The minimum Gasteiger partial charge on any atom is -0.394 e. The molecule has 1 N–H and O–H groups in total. The molecule has 20 heavy (non-hydrogen) atoms. The van der Waals surface area contributed by atoms with E-state index >= 15 is 0 Å². The number of carbonyl (C=O) groups excluding carboxylic acids is 1. The zero-order chi connectivity index (χ0) is 14.3. The number of thiophene rings is 1.